The molecule has 7 nitrogen and oxygen atoms in total. The van der Waals surface area contributed by atoms with Crippen LogP contribution in [0.5, 0.6) is 5.75 Å². The first-order valence-electron chi connectivity index (χ1n) is 12.0. The lowest BCUT2D eigenvalue weighted by Crippen LogP contribution is -2.48. The summed E-state index contributed by atoms with van der Waals surface area (Å²) in [6, 6.07) is 7.68. The Morgan fingerprint density at radius 3 is 2.46 bits per heavy atom. The second-order valence-electron chi connectivity index (χ2n) is 10.7. The summed E-state index contributed by atoms with van der Waals surface area (Å²) in [5.41, 5.74) is 3.33. The van der Waals surface area contributed by atoms with Crippen molar-refractivity contribution < 1.29 is 17.9 Å². The first kappa shape index (κ1) is 23.7. The number of aryl methyl sites for hydroxylation is 1. The predicted octanol–water partition coefficient (Wildman–Crippen LogP) is 5.00. The number of rotatable bonds is 5. The van der Waals surface area contributed by atoms with Crippen molar-refractivity contribution in [3.63, 3.8) is 0 Å². The van der Waals surface area contributed by atoms with E-state index in [0.717, 1.165) is 37.3 Å². The fraction of sp³-hybridized carbons (Fsp3) is 0.560. The number of piperidine rings is 1. The van der Waals surface area contributed by atoms with Crippen LogP contribution in [0.2, 0.25) is 0 Å². The lowest BCUT2D eigenvalue weighted by molar-refractivity contribution is -0.153. The molecule has 0 radical (unpaired) electrons. The number of nitrogens with zero attached hydrogens (tertiary/aromatic N) is 5. The standard InChI is InChI=1S/C25H31F3N6O/c1-15-5-8-19(35-14-25(26,27)28)22-31-23(32-34(15)22)30-21-16-6-7-17(21)13-33(12-16)18-9-10-29-20(11-18)24(2,3)4/h5,8-11,16-17,21H,6-7,12-14H2,1-4H3,(H,30,32)/t16-,17?,21?/m0/s1. The fourth-order valence-electron chi connectivity index (χ4n) is 5.24. The van der Waals surface area contributed by atoms with Crippen LogP contribution in [0.3, 0.4) is 0 Å². The van der Waals surface area contributed by atoms with Gasteiger partial charge in [-0.1, -0.05) is 20.8 Å². The van der Waals surface area contributed by atoms with Crippen molar-refractivity contribution in [2.45, 2.75) is 58.2 Å². The molecule has 0 spiro atoms. The van der Waals surface area contributed by atoms with Crippen molar-refractivity contribution in [1.82, 2.24) is 19.6 Å². The van der Waals surface area contributed by atoms with Gasteiger partial charge in [0.15, 0.2) is 18.0 Å². The molecule has 2 unspecified atom stereocenters. The normalized spacial score (nSPS) is 22.6. The smallest absolute Gasteiger partial charge is 0.422 e. The second-order valence-corrected chi connectivity index (χ2v) is 10.7. The summed E-state index contributed by atoms with van der Waals surface area (Å²) in [5, 5.41) is 8.04. The first-order chi connectivity index (χ1) is 16.5. The number of hydrogen-bond donors (Lipinski definition) is 1. The summed E-state index contributed by atoms with van der Waals surface area (Å²) < 4.78 is 44.6. The largest absolute Gasteiger partial charge is 0.480 e. The van der Waals surface area contributed by atoms with E-state index >= 15 is 0 Å². The lowest BCUT2D eigenvalue weighted by atomic mass is 9.90. The molecular weight excluding hydrogens is 457 g/mol. The van der Waals surface area contributed by atoms with Gasteiger partial charge in [0.1, 0.15) is 0 Å². The summed E-state index contributed by atoms with van der Waals surface area (Å²) in [7, 11) is 0. The number of alkyl halides is 3. The van der Waals surface area contributed by atoms with Crippen LogP contribution in [-0.2, 0) is 5.41 Å². The first-order valence-corrected chi connectivity index (χ1v) is 12.0. The maximum Gasteiger partial charge on any atom is 0.422 e. The summed E-state index contributed by atoms with van der Waals surface area (Å²) in [5.74, 6) is 1.34. The molecule has 5 rings (SSSR count). The highest BCUT2D eigenvalue weighted by Gasteiger charge is 2.43. The highest BCUT2D eigenvalue weighted by molar-refractivity contribution is 5.57. The molecule has 1 N–H and O–H groups in total. The van der Waals surface area contributed by atoms with Gasteiger partial charge >= 0.3 is 6.18 Å². The van der Waals surface area contributed by atoms with E-state index in [-0.39, 0.29) is 22.9 Å². The number of halogens is 3. The Bertz CT molecular complexity index is 1200. The third-order valence-corrected chi connectivity index (χ3v) is 7.04. The van der Waals surface area contributed by atoms with Crippen LogP contribution in [0.4, 0.5) is 24.8 Å². The van der Waals surface area contributed by atoms with Gasteiger partial charge in [0, 0.05) is 47.8 Å². The molecule has 35 heavy (non-hydrogen) atoms. The van der Waals surface area contributed by atoms with Gasteiger partial charge in [0.25, 0.3) is 0 Å². The van der Waals surface area contributed by atoms with Gasteiger partial charge in [0.2, 0.25) is 5.95 Å². The molecular formula is C25H31F3N6O. The van der Waals surface area contributed by atoms with Crippen LogP contribution in [0.15, 0.2) is 30.5 Å². The summed E-state index contributed by atoms with van der Waals surface area (Å²) >= 11 is 0. The molecule has 0 aromatic carbocycles. The Morgan fingerprint density at radius 1 is 1.09 bits per heavy atom. The Morgan fingerprint density at radius 2 is 1.80 bits per heavy atom. The fourth-order valence-corrected chi connectivity index (χ4v) is 5.24. The van der Waals surface area contributed by atoms with Crippen molar-refractivity contribution in [3.8, 4) is 5.75 Å². The van der Waals surface area contributed by atoms with Crippen LogP contribution >= 0.6 is 0 Å². The quantitative estimate of drug-likeness (QED) is 0.545. The molecule has 3 atom stereocenters. The third-order valence-electron chi connectivity index (χ3n) is 7.04. The maximum atomic E-state index is 12.7. The number of hydrogen-bond acceptors (Lipinski definition) is 6. The van der Waals surface area contributed by atoms with E-state index in [1.165, 1.54) is 16.3 Å². The van der Waals surface area contributed by atoms with E-state index < -0.39 is 12.8 Å². The van der Waals surface area contributed by atoms with Gasteiger partial charge in [-0.3, -0.25) is 4.98 Å². The molecule has 10 heteroatoms. The molecule has 188 valence electrons. The number of aromatic nitrogens is 4. The molecule has 2 aliphatic rings. The molecule has 1 aliphatic carbocycles. The zero-order valence-corrected chi connectivity index (χ0v) is 20.4. The van der Waals surface area contributed by atoms with Crippen molar-refractivity contribution in [2.24, 2.45) is 11.8 Å². The van der Waals surface area contributed by atoms with Crippen LogP contribution < -0.4 is 15.0 Å². The topological polar surface area (TPSA) is 67.6 Å². The number of anilines is 2. The Kier molecular flexibility index (Phi) is 5.80. The average Bonchev–Trinajstić information content (AvgIpc) is 3.30. The van der Waals surface area contributed by atoms with E-state index in [0.29, 0.717) is 17.8 Å². The van der Waals surface area contributed by atoms with Crippen LogP contribution in [0.25, 0.3) is 5.65 Å². The lowest BCUT2D eigenvalue weighted by Gasteiger charge is -2.39. The van der Waals surface area contributed by atoms with E-state index in [1.54, 1.807) is 6.07 Å². The van der Waals surface area contributed by atoms with Crippen molar-refractivity contribution >= 4 is 17.3 Å². The Balaban J connectivity index is 1.33. The molecule has 3 aromatic heterocycles. The summed E-state index contributed by atoms with van der Waals surface area (Å²) in [6.07, 6.45) is -0.299. The minimum Gasteiger partial charge on any atom is -0.480 e. The van der Waals surface area contributed by atoms with Crippen molar-refractivity contribution in [2.75, 3.05) is 29.9 Å². The third kappa shape index (κ3) is 4.88. The van der Waals surface area contributed by atoms with E-state index in [9.17, 15) is 13.2 Å². The summed E-state index contributed by atoms with van der Waals surface area (Å²) in [4.78, 5) is 11.5. The molecule has 1 saturated carbocycles. The average molecular weight is 489 g/mol. The maximum absolute atomic E-state index is 12.7. The number of nitrogens with one attached hydrogen (secondary N) is 1. The zero-order chi connectivity index (χ0) is 25.0. The van der Waals surface area contributed by atoms with E-state index in [1.807, 2.05) is 13.1 Å². The Hall–Kier alpha value is -3.04. The van der Waals surface area contributed by atoms with Gasteiger partial charge < -0.3 is 15.0 Å². The molecule has 1 saturated heterocycles. The van der Waals surface area contributed by atoms with Crippen molar-refractivity contribution in [1.29, 1.82) is 0 Å². The summed E-state index contributed by atoms with van der Waals surface area (Å²) in [6.45, 7) is 8.83. The monoisotopic (exact) mass is 488 g/mol. The molecule has 2 bridgehead atoms. The van der Waals surface area contributed by atoms with Gasteiger partial charge in [-0.25, -0.2) is 4.52 Å². The molecule has 2 fully saturated rings. The van der Waals surface area contributed by atoms with Gasteiger partial charge in [0.05, 0.1) is 0 Å². The molecule has 0 amide bonds. The van der Waals surface area contributed by atoms with Gasteiger partial charge in [-0.15, -0.1) is 5.10 Å². The highest BCUT2D eigenvalue weighted by Crippen LogP contribution is 2.40. The van der Waals surface area contributed by atoms with Crippen molar-refractivity contribution in [3.05, 3.63) is 41.9 Å². The van der Waals surface area contributed by atoms with E-state index in [4.69, 9.17) is 4.74 Å². The van der Waals surface area contributed by atoms with Crippen LogP contribution in [0.1, 0.15) is 45.0 Å². The van der Waals surface area contributed by atoms with E-state index in [2.05, 4.69) is 58.2 Å². The SMILES string of the molecule is Cc1ccc(OCC(F)(F)F)c2nc(NC3C4CC[C@H]3CN(c3ccnc(C(C)(C)C)c3)C4)nn12. The number of pyridine rings is 2. The predicted molar refractivity (Wildman–Crippen MR) is 128 cm³/mol. The number of fused-ring (bicyclic) bond motifs is 3. The zero-order valence-electron chi connectivity index (χ0n) is 20.4. The van der Waals surface area contributed by atoms with Crippen LogP contribution in [-0.4, -0.2) is 51.5 Å². The molecule has 1 aliphatic heterocycles. The molecule has 3 aromatic rings. The minimum absolute atomic E-state index is 0.00946. The van der Waals surface area contributed by atoms with Crippen LogP contribution in [0, 0.1) is 18.8 Å². The minimum atomic E-state index is -4.42. The second kappa shape index (κ2) is 8.57. The molecule has 4 heterocycles. The van der Waals surface area contributed by atoms with Gasteiger partial charge in [-0.2, -0.15) is 18.2 Å². The highest BCUT2D eigenvalue weighted by atomic mass is 19.4. The number of ether oxygens (including phenoxy) is 1. The Labute approximate surface area is 202 Å². The van der Waals surface area contributed by atoms with Gasteiger partial charge in [-0.05, 0) is 55.9 Å².